The monoisotopic (exact) mass is 198 g/mol. The Hall–Kier alpha value is 1.61. The number of rotatable bonds is 2. The molecule has 3 nitrogen and oxygen atoms in total. The maximum atomic E-state index is 9.99. The second-order valence-electron chi connectivity index (χ2n) is 1.15. The van der Waals surface area contributed by atoms with E-state index in [1.54, 1.807) is 0 Å². The molecule has 0 aliphatic carbocycles. The minimum Gasteiger partial charge on any atom is -1.00 e. The van der Waals surface area contributed by atoms with Crippen molar-refractivity contribution in [3.05, 3.63) is 0 Å². The summed E-state index contributed by atoms with van der Waals surface area (Å²) in [5, 5.41) is 0. The maximum absolute atomic E-state index is 9.99. The zero-order valence-electron chi connectivity index (χ0n) is 5.85. The third kappa shape index (κ3) is 6.03. The summed E-state index contributed by atoms with van der Waals surface area (Å²) >= 11 is 7.09. The third-order valence-corrected chi connectivity index (χ3v) is 3.24. The van der Waals surface area contributed by atoms with Crippen molar-refractivity contribution in [2.24, 2.45) is 0 Å². The van der Waals surface area contributed by atoms with Gasteiger partial charge in [-0.05, 0) is 0 Å². The van der Waals surface area contributed by atoms with Gasteiger partial charge in [-0.2, -0.15) is 33.7 Å². The fourth-order valence-corrected chi connectivity index (χ4v) is 0.848. The molecular weight excluding hydrogens is 191 g/mol. The van der Waals surface area contributed by atoms with E-state index in [4.69, 9.17) is 4.55 Å². The van der Waals surface area contributed by atoms with Gasteiger partial charge < -0.3 is 1.43 Å². The van der Waals surface area contributed by atoms with Gasteiger partial charge in [0.25, 0.3) is 10.1 Å². The predicted molar refractivity (Wildman–Crippen MR) is 39.3 cm³/mol. The second kappa shape index (κ2) is 5.29. The van der Waals surface area contributed by atoms with E-state index in [2.05, 4.69) is 25.3 Å². The van der Waals surface area contributed by atoms with Gasteiger partial charge in [-0.3, -0.25) is 4.55 Å². The Morgan fingerprint density at radius 2 is 2.00 bits per heavy atom. The molecule has 0 amide bonds. The molecule has 0 bridgehead atoms. The second-order valence-corrected chi connectivity index (χ2v) is 4.09. The van der Waals surface area contributed by atoms with Crippen LogP contribution >= 0.6 is 25.3 Å². The largest absolute Gasteiger partial charge is 1.00 e. The number of hydrogen-bond donors (Lipinski definition) is 3. The molecule has 0 aromatic rings. The topological polar surface area (TPSA) is 54.4 Å². The molecule has 1 atom stereocenters. The predicted octanol–water partition coefficient (Wildman–Crippen LogP) is -2.82. The first-order valence-corrected chi connectivity index (χ1v) is 4.39. The summed E-state index contributed by atoms with van der Waals surface area (Å²) in [6.07, 6.45) is 0. The minimum atomic E-state index is -3.97. The molecule has 0 saturated carbocycles. The molecular formula is C2H7NaO3S3. The fourth-order valence-electron chi connectivity index (χ4n) is 0.0942. The first-order valence-electron chi connectivity index (χ1n) is 1.73. The molecule has 9 heavy (non-hydrogen) atoms. The Labute approximate surface area is 88.9 Å². The van der Waals surface area contributed by atoms with E-state index in [1.165, 1.54) is 0 Å². The molecule has 0 aromatic carbocycles. The van der Waals surface area contributed by atoms with E-state index in [0.29, 0.717) is 0 Å². The van der Waals surface area contributed by atoms with Gasteiger partial charge in [-0.15, -0.1) is 0 Å². The van der Waals surface area contributed by atoms with E-state index < -0.39 is 14.7 Å². The molecule has 1 N–H and O–H groups in total. The van der Waals surface area contributed by atoms with Gasteiger partial charge in [-0.1, -0.05) is 0 Å². The van der Waals surface area contributed by atoms with Crippen molar-refractivity contribution in [2.45, 2.75) is 4.58 Å². The average Bonchev–Trinajstić information content (AvgIpc) is 1.62. The maximum Gasteiger partial charge on any atom is 1.00 e. The van der Waals surface area contributed by atoms with Crippen molar-refractivity contribution < 1.29 is 44.0 Å². The molecule has 0 spiro atoms. The standard InChI is InChI=1S/C2H6O3S3.Na.H/c3-8(4,5)2(7)1-6;;/h2,6-7H,1H2,(H,3,4,5);;/q;+1;-1. The molecule has 7 heteroatoms. The van der Waals surface area contributed by atoms with Gasteiger partial charge in [0.1, 0.15) is 4.58 Å². The molecule has 0 aliphatic heterocycles. The van der Waals surface area contributed by atoms with Gasteiger partial charge in [-0.25, -0.2) is 0 Å². The Bertz CT molecular complexity index is 157. The molecule has 0 rings (SSSR count). The summed E-state index contributed by atoms with van der Waals surface area (Å²) in [5.41, 5.74) is 0. The van der Waals surface area contributed by atoms with Crippen LogP contribution < -0.4 is 29.6 Å². The molecule has 0 aliphatic rings. The van der Waals surface area contributed by atoms with Gasteiger partial charge in [0.15, 0.2) is 0 Å². The van der Waals surface area contributed by atoms with E-state index in [-0.39, 0.29) is 36.7 Å². The van der Waals surface area contributed by atoms with Crippen LogP contribution in [-0.4, -0.2) is 23.3 Å². The van der Waals surface area contributed by atoms with Crippen molar-refractivity contribution >= 4 is 35.4 Å². The Morgan fingerprint density at radius 1 is 1.67 bits per heavy atom. The molecule has 0 radical (unpaired) electrons. The van der Waals surface area contributed by atoms with E-state index in [9.17, 15) is 8.42 Å². The fraction of sp³-hybridized carbons (Fsp3) is 1.00. The molecule has 0 fully saturated rings. The smallest absolute Gasteiger partial charge is 1.00 e. The van der Waals surface area contributed by atoms with Gasteiger partial charge >= 0.3 is 29.6 Å². The number of hydrogen-bond acceptors (Lipinski definition) is 4. The third-order valence-electron chi connectivity index (χ3n) is 0.500. The van der Waals surface area contributed by atoms with E-state index in [0.717, 1.165) is 0 Å². The van der Waals surface area contributed by atoms with Crippen LogP contribution in [0, 0.1) is 0 Å². The number of thiol groups is 2. The van der Waals surface area contributed by atoms with Gasteiger partial charge in [0.2, 0.25) is 0 Å². The summed E-state index contributed by atoms with van der Waals surface area (Å²) in [4.78, 5) is 0. The van der Waals surface area contributed by atoms with Gasteiger partial charge in [0, 0.05) is 5.75 Å². The van der Waals surface area contributed by atoms with Crippen LogP contribution in [0.3, 0.4) is 0 Å². The Balaban J connectivity index is -0.000000245. The molecule has 0 aromatic heterocycles. The Morgan fingerprint density at radius 3 is 2.00 bits per heavy atom. The summed E-state index contributed by atoms with van der Waals surface area (Å²) in [5.74, 6) is 0.0158. The summed E-state index contributed by atoms with van der Waals surface area (Å²) in [7, 11) is -3.97. The normalized spacial score (nSPS) is 14.1. The Kier molecular flexibility index (Phi) is 7.76. The quantitative estimate of drug-likeness (QED) is 0.255. The van der Waals surface area contributed by atoms with Crippen molar-refractivity contribution in [3.8, 4) is 0 Å². The van der Waals surface area contributed by atoms with Crippen LogP contribution in [-0.2, 0) is 10.1 Å². The average molecular weight is 198 g/mol. The first-order chi connectivity index (χ1) is 3.48. The summed E-state index contributed by atoms with van der Waals surface area (Å²) < 4.78 is 27.1. The van der Waals surface area contributed by atoms with Crippen LogP contribution in [0.5, 0.6) is 0 Å². The minimum absolute atomic E-state index is 0. The molecule has 52 valence electrons. The van der Waals surface area contributed by atoms with Crippen LogP contribution in [0.1, 0.15) is 1.43 Å². The molecule has 0 heterocycles. The summed E-state index contributed by atoms with van der Waals surface area (Å²) in [6, 6.07) is 0. The first kappa shape index (κ1) is 13.2. The molecule has 0 saturated heterocycles. The summed E-state index contributed by atoms with van der Waals surface area (Å²) in [6.45, 7) is 0. The zero-order chi connectivity index (χ0) is 6.78. The van der Waals surface area contributed by atoms with Crippen molar-refractivity contribution in [1.82, 2.24) is 0 Å². The van der Waals surface area contributed by atoms with Gasteiger partial charge in [0.05, 0.1) is 0 Å². The van der Waals surface area contributed by atoms with Crippen molar-refractivity contribution in [2.75, 3.05) is 5.75 Å². The molecule has 1 unspecified atom stereocenters. The van der Waals surface area contributed by atoms with Crippen LogP contribution in [0.2, 0.25) is 0 Å². The van der Waals surface area contributed by atoms with E-state index >= 15 is 0 Å². The van der Waals surface area contributed by atoms with Crippen molar-refractivity contribution in [3.63, 3.8) is 0 Å². The van der Waals surface area contributed by atoms with Crippen LogP contribution in [0.25, 0.3) is 0 Å². The zero-order valence-corrected chi connectivity index (χ0v) is 9.46. The van der Waals surface area contributed by atoms with Crippen LogP contribution in [0.4, 0.5) is 0 Å². The SMILES string of the molecule is O=S(=O)(O)C(S)CS.[H-].[Na+]. The van der Waals surface area contributed by atoms with E-state index in [1.807, 2.05) is 0 Å². The van der Waals surface area contributed by atoms with Crippen LogP contribution in [0.15, 0.2) is 0 Å². The van der Waals surface area contributed by atoms with Crippen molar-refractivity contribution in [1.29, 1.82) is 0 Å².